The summed E-state index contributed by atoms with van der Waals surface area (Å²) in [7, 11) is 4.10. The Morgan fingerprint density at radius 1 is 1.17 bits per heavy atom. The van der Waals surface area contributed by atoms with E-state index in [9.17, 15) is 4.79 Å². The number of aromatic nitrogens is 2. The summed E-state index contributed by atoms with van der Waals surface area (Å²) in [5.41, 5.74) is 1.03. The third-order valence-corrected chi connectivity index (χ3v) is 3.33. The topological polar surface area (TPSA) is 90.4 Å². The van der Waals surface area contributed by atoms with Gasteiger partial charge in [0.15, 0.2) is 0 Å². The summed E-state index contributed by atoms with van der Waals surface area (Å²) in [6, 6.07) is 8.38. The number of hydrogen-bond acceptors (Lipinski definition) is 6. The van der Waals surface area contributed by atoms with E-state index < -0.39 is 5.97 Å². The predicted molar refractivity (Wildman–Crippen MR) is 95.1 cm³/mol. The second-order valence-corrected chi connectivity index (χ2v) is 5.78. The van der Waals surface area contributed by atoms with Crippen molar-refractivity contribution in [3.63, 3.8) is 0 Å². The Morgan fingerprint density at radius 2 is 1.83 bits per heavy atom. The van der Waals surface area contributed by atoms with Crippen molar-refractivity contribution in [2.24, 2.45) is 0 Å². The van der Waals surface area contributed by atoms with Gasteiger partial charge in [-0.05, 0) is 58.3 Å². The Labute approximate surface area is 141 Å². The molecule has 0 aliphatic rings. The van der Waals surface area contributed by atoms with Gasteiger partial charge in [0.25, 0.3) is 0 Å². The molecule has 7 nitrogen and oxygen atoms in total. The Morgan fingerprint density at radius 3 is 2.46 bits per heavy atom. The molecule has 128 valence electrons. The third-order valence-electron chi connectivity index (χ3n) is 3.33. The van der Waals surface area contributed by atoms with Gasteiger partial charge >= 0.3 is 5.97 Å². The number of nitrogens with zero attached hydrogens (tertiary/aromatic N) is 3. The predicted octanol–water partition coefficient (Wildman–Crippen LogP) is 2.59. The summed E-state index contributed by atoms with van der Waals surface area (Å²) in [6.07, 6.45) is 1.02. The standard InChI is InChI=1S/C17H23N5O2/c1-12-19-15(18-9-4-10-22(2)3)11-16(20-12)21-14-7-5-13(6-8-14)17(23)24/h5-8,11H,4,9-10H2,1-3H3,(H,23,24)(H2,18,19,20,21). The van der Waals surface area contributed by atoms with Crippen LogP contribution in [0, 0.1) is 6.92 Å². The van der Waals surface area contributed by atoms with Crippen LogP contribution in [0.15, 0.2) is 30.3 Å². The van der Waals surface area contributed by atoms with Gasteiger partial charge in [-0.2, -0.15) is 0 Å². The van der Waals surface area contributed by atoms with Crippen LogP contribution in [0.5, 0.6) is 0 Å². The van der Waals surface area contributed by atoms with Gasteiger partial charge in [0.05, 0.1) is 5.56 Å². The molecule has 1 aromatic heterocycles. The van der Waals surface area contributed by atoms with E-state index in [1.54, 1.807) is 24.3 Å². The van der Waals surface area contributed by atoms with Crippen LogP contribution in [0.2, 0.25) is 0 Å². The summed E-state index contributed by atoms with van der Waals surface area (Å²) in [5, 5.41) is 15.4. The van der Waals surface area contributed by atoms with Crippen LogP contribution >= 0.6 is 0 Å². The molecule has 1 aromatic carbocycles. The zero-order valence-electron chi connectivity index (χ0n) is 14.2. The van der Waals surface area contributed by atoms with Crippen LogP contribution in [-0.2, 0) is 0 Å². The van der Waals surface area contributed by atoms with Crippen LogP contribution < -0.4 is 10.6 Å². The number of carbonyl (C=O) groups is 1. The van der Waals surface area contributed by atoms with Crippen LogP contribution in [0.4, 0.5) is 17.3 Å². The SMILES string of the molecule is Cc1nc(NCCCN(C)C)cc(Nc2ccc(C(=O)O)cc2)n1. The Kier molecular flexibility index (Phi) is 6.08. The highest BCUT2D eigenvalue weighted by Crippen LogP contribution is 2.18. The fourth-order valence-electron chi connectivity index (χ4n) is 2.18. The number of hydrogen-bond donors (Lipinski definition) is 3. The first-order valence-corrected chi connectivity index (χ1v) is 7.79. The van der Waals surface area contributed by atoms with Crippen molar-refractivity contribution in [3.8, 4) is 0 Å². The average molecular weight is 329 g/mol. The second kappa shape index (κ2) is 8.26. The maximum atomic E-state index is 10.9. The molecule has 0 saturated carbocycles. The first kappa shape index (κ1) is 17.7. The number of rotatable bonds is 8. The van der Waals surface area contributed by atoms with Crippen LogP contribution in [0.25, 0.3) is 0 Å². The highest BCUT2D eigenvalue weighted by Gasteiger charge is 2.05. The Hall–Kier alpha value is -2.67. The molecule has 0 unspecified atom stereocenters. The van der Waals surface area contributed by atoms with Crippen LogP contribution in [0.3, 0.4) is 0 Å². The van der Waals surface area contributed by atoms with E-state index in [-0.39, 0.29) is 5.56 Å². The van der Waals surface area contributed by atoms with E-state index in [1.807, 2.05) is 27.1 Å². The quantitative estimate of drug-likeness (QED) is 0.641. The molecular weight excluding hydrogens is 306 g/mol. The average Bonchev–Trinajstić information content (AvgIpc) is 2.51. The highest BCUT2D eigenvalue weighted by molar-refractivity contribution is 5.88. The van der Waals surface area contributed by atoms with E-state index in [1.165, 1.54) is 0 Å². The zero-order chi connectivity index (χ0) is 17.5. The molecule has 0 saturated heterocycles. The van der Waals surface area contributed by atoms with Gasteiger partial charge in [0, 0.05) is 18.3 Å². The van der Waals surface area contributed by atoms with Gasteiger partial charge in [-0.25, -0.2) is 14.8 Å². The van der Waals surface area contributed by atoms with Crippen molar-refractivity contribution < 1.29 is 9.90 Å². The fraction of sp³-hybridized carbons (Fsp3) is 0.353. The molecule has 24 heavy (non-hydrogen) atoms. The number of carboxylic acid groups (broad SMARTS) is 1. The normalized spacial score (nSPS) is 10.7. The summed E-state index contributed by atoms with van der Waals surface area (Å²) >= 11 is 0. The van der Waals surface area contributed by atoms with Gasteiger partial charge in [-0.15, -0.1) is 0 Å². The molecule has 7 heteroatoms. The molecule has 0 fully saturated rings. The van der Waals surface area contributed by atoms with Gasteiger partial charge in [-0.1, -0.05) is 0 Å². The largest absolute Gasteiger partial charge is 0.478 e. The Bertz CT molecular complexity index is 686. The highest BCUT2D eigenvalue weighted by atomic mass is 16.4. The molecule has 0 aliphatic carbocycles. The minimum Gasteiger partial charge on any atom is -0.478 e. The van der Waals surface area contributed by atoms with Crippen molar-refractivity contribution in [1.29, 1.82) is 0 Å². The summed E-state index contributed by atoms with van der Waals surface area (Å²) in [5.74, 6) is 1.16. The van der Waals surface area contributed by atoms with E-state index in [0.29, 0.717) is 11.6 Å². The van der Waals surface area contributed by atoms with Crippen LogP contribution in [-0.4, -0.2) is 53.1 Å². The molecule has 2 aromatic rings. The molecule has 0 spiro atoms. The number of aryl methyl sites for hydroxylation is 1. The number of aromatic carboxylic acids is 1. The van der Waals surface area contributed by atoms with Crippen LogP contribution in [0.1, 0.15) is 22.6 Å². The van der Waals surface area contributed by atoms with Gasteiger partial charge in [0.2, 0.25) is 0 Å². The maximum absolute atomic E-state index is 10.9. The number of benzene rings is 1. The second-order valence-electron chi connectivity index (χ2n) is 5.78. The Balaban J connectivity index is 2.00. The lowest BCUT2D eigenvalue weighted by atomic mass is 10.2. The van der Waals surface area contributed by atoms with E-state index >= 15 is 0 Å². The van der Waals surface area contributed by atoms with Gasteiger partial charge in [-0.3, -0.25) is 0 Å². The van der Waals surface area contributed by atoms with E-state index in [2.05, 4.69) is 25.5 Å². The number of nitrogens with one attached hydrogen (secondary N) is 2. The molecule has 1 heterocycles. The summed E-state index contributed by atoms with van der Waals surface area (Å²) in [6.45, 7) is 3.68. The lowest BCUT2D eigenvalue weighted by Crippen LogP contribution is -2.16. The molecule has 0 aliphatic heterocycles. The molecule has 2 rings (SSSR count). The monoisotopic (exact) mass is 329 g/mol. The van der Waals surface area contributed by atoms with Gasteiger partial charge in [0.1, 0.15) is 17.5 Å². The molecule has 0 bridgehead atoms. The minimum absolute atomic E-state index is 0.252. The van der Waals surface area contributed by atoms with Crippen molar-refractivity contribution >= 4 is 23.3 Å². The first-order chi connectivity index (χ1) is 11.4. The lowest BCUT2D eigenvalue weighted by Gasteiger charge is -2.12. The number of carboxylic acids is 1. The molecular formula is C17H23N5O2. The zero-order valence-corrected chi connectivity index (χ0v) is 14.2. The van der Waals surface area contributed by atoms with Crippen molar-refractivity contribution in [2.75, 3.05) is 37.8 Å². The van der Waals surface area contributed by atoms with E-state index in [0.717, 1.165) is 31.0 Å². The summed E-state index contributed by atoms with van der Waals surface area (Å²) in [4.78, 5) is 21.7. The molecule has 0 atom stereocenters. The minimum atomic E-state index is -0.941. The third kappa shape index (κ3) is 5.51. The smallest absolute Gasteiger partial charge is 0.335 e. The fourth-order valence-corrected chi connectivity index (χ4v) is 2.18. The van der Waals surface area contributed by atoms with Crippen molar-refractivity contribution in [2.45, 2.75) is 13.3 Å². The summed E-state index contributed by atoms with van der Waals surface area (Å²) < 4.78 is 0. The van der Waals surface area contributed by atoms with Crippen molar-refractivity contribution in [1.82, 2.24) is 14.9 Å². The molecule has 0 radical (unpaired) electrons. The molecule has 0 amide bonds. The first-order valence-electron chi connectivity index (χ1n) is 7.79. The number of anilines is 3. The molecule has 3 N–H and O–H groups in total. The van der Waals surface area contributed by atoms with Crippen molar-refractivity contribution in [3.05, 3.63) is 41.7 Å². The lowest BCUT2D eigenvalue weighted by molar-refractivity contribution is 0.0697. The maximum Gasteiger partial charge on any atom is 0.335 e. The van der Waals surface area contributed by atoms with Gasteiger partial charge < -0.3 is 20.6 Å². The van der Waals surface area contributed by atoms with E-state index in [4.69, 9.17) is 5.11 Å².